The molecule has 0 N–H and O–H groups in total. The van der Waals surface area contributed by atoms with Crippen molar-refractivity contribution in [3.8, 4) is 11.8 Å². The van der Waals surface area contributed by atoms with E-state index in [1.54, 1.807) is 0 Å². The molecule has 0 saturated carbocycles. The van der Waals surface area contributed by atoms with Crippen LogP contribution in [0.2, 0.25) is 0 Å². The largest absolute Gasteiger partial charge is 0.127 e. The van der Waals surface area contributed by atoms with Crippen LogP contribution in [0.3, 0.4) is 0 Å². The first kappa shape index (κ1) is 11.6. The Balaban J connectivity index is 3.06. The third-order valence-corrected chi connectivity index (χ3v) is 1.79. The van der Waals surface area contributed by atoms with Gasteiger partial charge in [0, 0.05) is 18.7 Å². The molecule has 0 atom stereocenters. The molecule has 0 aliphatic rings. The first-order valence-corrected chi connectivity index (χ1v) is 5.08. The van der Waals surface area contributed by atoms with Crippen molar-refractivity contribution >= 4 is 11.6 Å². The summed E-state index contributed by atoms with van der Waals surface area (Å²) in [5.41, 5.74) is 0. The van der Waals surface area contributed by atoms with Gasteiger partial charge in [0.05, 0.1) is 0 Å². The normalized spacial score (nSPS) is 8.75. The van der Waals surface area contributed by atoms with Crippen LogP contribution < -0.4 is 0 Å². The minimum absolute atomic E-state index is 0.762. The minimum atomic E-state index is 0.762. The lowest BCUT2D eigenvalue weighted by Crippen LogP contribution is -1.74. The Hall–Kier alpha value is -0.410. The van der Waals surface area contributed by atoms with Gasteiger partial charge >= 0.3 is 0 Å². The Morgan fingerprint density at radius 2 is 1.75 bits per heavy atom. The van der Waals surface area contributed by atoms with E-state index in [4.69, 9.17) is 11.6 Å². The number of halogens is 1. The fourth-order valence-electron chi connectivity index (χ4n) is 0.819. The predicted molar refractivity (Wildman–Crippen MR) is 56.4 cm³/mol. The second-order valence-electron chi connectivity index (χ2n) is 2.68. The van der Waals surface area contributed by atoms with Crippen LogP contribution >= 0.6 is 11.6 Å². The molecule has 0 aromatic carbocycles. The number of allylic oxidation sites excluding steroid dienone is 1. The maximum atomic E-state index is 5.52. The van der Waals surface area contributed by atoms with Crippen LogP contribution in [0.4, 0.5) is 0 Å². The van der Waals surface area contributed by atoms with E-state index in [1.807, 2.05) is 6.08 Å². The zero-order valence-electron chi connectivity index (χ0n) is 7.61. The Bertz CT molecular complexity index is 150. The van der Waals surface area contributed by atoms with Gasteiger partial charge in [0.25, 0.3) is 0 Å². The van der Waals surface area contributed by atoms with Gasteiger partial charge in [-0.15, -0.1) is 30.0 Å². The average Bonchev–Trinajstić information content (AvgIpc) is 2.10. The van der Waals surface area contributed by atoms with Gasteiger partial charge in [-0.05, 0) is 25.7 Å². The molecule has 0 amide bonds. The molecular weight excluding hydrogens is 168 g/mol. The maximum absolute atomic E-state index is 5.52. The number of hydrogen-bond donors (Lipinski definition) is 0. The molecule has 0 aliphatic heterocycles. The van der Waals surface area contributed by atoms with E-state index in [0.717, 1.165) is 44.4 Å². The van der Waals surface area contributed by atoms with Crippen molar-refractivity contribution in [1.82, 2.24) is 0 Å². The van der Waals surface area contributed by atoms with Crippen molar-refractivity contribution in [1.29, 1.82) is 0 Å². The Labute approximate surface area is 81.0 Å². The van der Waals surface area contributed by atoms with E-state index < -0.39 is 0 Å². The summed E-state index contributed by atoms with van der Waals surface area (Å²) >= 11 is 5.52. The van der Waals surface area contributed by atoms with Gasteiger partial charge in [0.2, 0.25) is 0 Å². The van der Waals surface area contributed by atoms with E-state index >= 15 is 0 Å². The first-order chi connectivity index (χ1) is 5.91. The average molecular weight is 185 g/mol. The molecule has 0 aromatic rings. The van der Waals surface area contributed by atoms with Crippen LogP contribution in [0.25, 0.3) is 0 Å². The van der Waals surface area contributed by atoms with Crippen LogP contribution in [0, 0.1) is 11.8 Å². The third kappa shape index (κ3) is 9.59. The van der Waals surface area contributed by atoms with Crippen LogP contribution in [0.5, 0.6) is 0 Å². The van der Waals surface area contributed by atoms with Crippen molar-refractivity contribution in [2.45, 2.75) is 38.5 Å². The highest BCUT2D eigenvalue weighted by molar-refractivity contribution is 6.17. The van der Waals surface area contributed by atoms with E-state index in [2.05, 4.69) is 18.4 Å². The topological polar surface area (TPSA) is 0 Å². The lowest BCUT2D eigenvalue weighted by atomic mass is 10.2. The quantitative estimate of drug-likeness (QED) is 0.255. The Morgan fingerprint density at radius 3 is 2.33 bits per heavy atom. The third-order valence-electron chi connectivity index (χ3n) is 1.52. The molecule has 0 nitrogen and oxygen atoms in total. The summed E-state index contributed by atoms with van der Waals surface area (Å²) in [6.07, 6.45) is 8.39. The standard InChI is InChI=1S/C11H17Cl/c1-2-3-4-5-6-7-8-9-10-11-12/h2H,1,3-5,8-11H2. The van der Waals surface area contributed by atoms with Gasteiger partial charge < -0.3 is 0 Å². The first-order valence-electron chi connectivity index (χ1n) is 4.54. The van der Waals surface area contributed by atoms with Crippen molar-refractivity contribution in [2.75, 3.05) is 5.88 Å². The van der Waals surface area contributed by atoms with Gasteiger partial charge in [-0.3, -0.25) is 0 Å². The molecule has 0 bridgehead atoms. The molecule has 1 heteroatoms. The van der Waals surface area contributed by atoms with Crippen molar-refractivity contribution in [2.24, 2.45) is 0 Å². The number of alkyl halides is 1. The summed E-state index contributed by atoms with van der Waals surface area (Å²) in [4.78, 5) is 0. The van der Waals surface area contributed by atoms with E-state index in [1.165, 1.54) is 0 Å². The molecule has 0 unspecified atom stereocenters. The number of rotatable bonds is 6. The van der Waals surface area contributed by atoms with E-state index in [0.29, 0.717) is 0 Å². The molecule has 0 aliphatic carbocycles. The smallest absolute Gasteiger partial charge is 0.0223 e. The molecule has 0 rings (SSSR count). The molecule has 68 valence electrons. The highest BCUT2D eigenvalue weighted by Gasteiger charge is 1.82. The molecule has 0 spiro atoms. The van der Waals surface area contributed by atoms with Gasteiger partial charge in [0.1, 0.15) is 0 Å². The summed E-state index contributed by atoms with van der Waals surface area (Å²) in [6.45, 7) is 3.66. The second-order valence-corrected chi connectivity index (χ2v) is 3.06. The summed E-state index contributed by atoms with van der Waals surface area (Å²) < 4.78 is 0. The predicted octanol–water partition coefficient (Wildman–Crippen LogP) is 3.76. The van der Waals surface area contributed by atoms with Gasteiger partial charge in [-0.1, -0.05) is 6.08 Å². The molecule has 0 aromatic heterocycles. The Kier molecular flexibility index (Phi) is 10.2. The highest BCUT2D eigenvalue weighted by atomic mass is 35.5. The minimum Gasteiger partial charge on any atom is -0.127 e. The number of hydrogen-bond acceptors (Lipinski definition) is 0. The van der Waals surface area contributed by atoms with Crippen molar-refractivity contribution < 1.29 is 0 Å². The lowest BCUT2D eigenvalue weighted by Gasteiger charge is -1.88. The van der Waals surface area contributed by atoms with Crippen molar-refractivity contribution in [3.05, 3.63) is 12.7 Å². The van der Waals surface area contributed by atoms with Crippen molar-refractivity contribution in [3.63, 3.8) is 0 Å². The molecule has 0 saturated heterocycles. The second kappa shape index (κ2) is 10.6. The molecular formula is C11H17Cl. The van der Waals surface area contributed by atoms with E-state index in [-0.39, 0.29) is 0 Å². The van der Waals surface area contributed by atoms with Gasteiger partial charge in [-0.2, -0.15) is 0 Å². The summed E-state index contributed by atoms with van der Waals surface area (Å²) in [6, 6.07) is 0. The fourth-order valence-corrected chi connectivity index (χ4v) is 1.01. The fraction of sp³-hybridized carbons (Fsp3) is 0.636. The molecule has 0 heterocycles. The lowest BCUT2D eigenvalue weighted by molar-refractivity contribution is 0.830. The SMILES string of the molecule is C=CCCCC#CCCCCCl. The zero-order chi connectivity index (χ0) is 9.07. The summed E-state index contributed by atoms with van der Waals surface area (Å²) in [5, 5.41) is 0. The van der Waals surface area contributed by atoms with Crippen LogP contribution in [0.15, 0.2) is 12.7 Å². The van der Waals surface area contributed by atoms with Crippen LogP contribution in [0.1, 0.15) is 38.5 Å². The van der Waals surface area contributed by atoms with Crippen LogP contribution in [-0.4, -0.2) is 5.88 Å². The molecule has 0 fully saturated rings. The van der Waals surface area contributed by atoms with Gasteiger partial charge in [-0.25, -0.2) is 0 Å². The van der Waals surface area contributed by atoms with Crippen LogP contribution in [-0.2, 0) is 0 Å². The zero-order valence-corrected chi connectivity index (χ0v) is 8.37. The van der Waals surface area contributed by atoms with Gasteiger partial charge in [0.15, 0.2) is 0 Å². The summed E-state index contributed by atoms with van der Waals surface area (Å²) in [5.74, 6) is 7.04. The maximum Gasteiger partial charge on any atom is 0.0223 e. The number of unbranched alkanes of at least 4 members (excludes halogenated alkanes) is 4. The molecule has 12 heavy (non-hydrogen) atoms. The summed E-state index contributed by atoms with van der Waals surface area (Å²) in [7, 11) is 0. The van der Waals surface area contributed by atoms with E-state index in [9.17, 15) is 0 Å². The monoisotopic (exact) mass is 184 g/mol. The molecule has 0 radical (unpaired) electrons. The Morgan fingerprint density at radius 1 is 1.08 bits per heavy atom. The highest BCUT2D eigenvalue weighted by Crippen LogP contribution is 1.97.